The average Bonchev–Trinajstić information content (AvgIpc) is 3.15. The predicted molar refractivity (Wildman–Crippen MR) is 120 cm³/mol. The normalized spacial score (nSPS) is 15.1. The van der Waals surface area contributed by atoms with Crippen molar-refractivity contribution in [3.05, 3.63) is 35.6 Å². The van der Waals surface area contributed by atoms with Crippen molar-refractivity contribution in [3.8, 4) is 0 Å². The smallest absolute Gasteiger partial charge is 0.305 e. The molecule has 0 fully saturated rings. The van der Waals surface area contributed by atoms with Gasteiger partial charge in [-0.2, -0.15) is 0 Å². The summed E-state index contributed by atoms with van der Waals surface area (Å²) in [6.45, 7) is 3.21. The average molecular weight is 465 g/mol. The van der Waals surface area contributed by atoms with Crippen molar-refractivity contribution in [2.75, 3.05) is 18.8 Å². The largest absolute Gasteiger partial charge is 0.481 e. The van der Waals surface area contributed by atoms with Gasteiger partial charge in [0.1, 0.15) is 11.3 Å². The van der Waals surface area contributed by atoms with Crippen LogP contribution < -0.4 is 15.4 Å². The number of carbonyl (C=O) groups excluding carboxylic acids is 1. The summed E-state index contributed by atoms with van der Waals surface area (Å²) < 4.78 is 32.5. The molecule has 0 saturated heterocycles. The number of carboxylic acid groups (broad SMARTS) is 1. The van der Waals surface area contributed by atoms with Crippen molar-refractivity contribution >= 4 is 38.8 Å². The Bertz CT molecular complexity index is 1110. The van der Waals surface area contributed by atoms with E-state index in [1.165, 1.54) is 0 Å². The molecule has 11 heteroatoms. The molecule has 0 bridgehead atoms. The zero-order valence-corrected chi connectivity index (χ0v) is 18.7. The number of aliphatic imine (C=N–C) groups is 1. The Morgan fingerprint density at radius 2 is 2.12 bits per heavy atom. The number of furan rings is 1. The Balaban J connectivity index is 1.70. The van der Waals surface area contributed by atoms with Crippen molar-refractivity contribution in [2.24, 2.45) is 4.99 Å². The van der Waals surface area contributed by atoms with Gasteiger partial charge in [0.15, 0.2) is 5.96 Å². The highest BCUT2D eigenvalue weighted by atomic mass is 32.2. The number of hydrogen-bond acceptors (Lipinski definition) is 7. The molecule has 0 aliphatic carbocycles. The highest BCUT2D eigenvalue weighted by molar-refractivity contribution is 7.89. The van der Waals surface area contributed by atoms with E-state index in [1.807, 2.05) is 12.1 Å². The number of sulfonamides is 1. The van der Waals surface area contributed by atoms with Gasteiger partial charge in [0.25, 0.3) is 0 Å². The highest BCUT2D eigenvalue weighted by Gasteiger charge is 2.25. The standard InChI is InChI=1S/C21H28N4O6S/c1-2-10-32(29,30)25-16(13-20(27)28)18-12-15-11-14(4-6-17(15)31-18)5-7-19(26)24-21-22-8-3-9-23-21/h4,6,11-12,16,25H,2-3,5,7-10,13H2,1H3,(H,27,28)(H2,22,23,24,26). The van der Waals surface area contributed by atoms with E-state index in [9.17, 15) is 23.1 Å². The van der Waals surface area contributed by atoms with E-state index >= 15 is 0 Å². The molecule has 10 nitrogen and oxygen atoms in total. The molecule has 1 atom stereocenters. The molecule has 1 unspecified atom stereocenters. The molecule has 2 heterocycles. The molecule has 174 valence electrons. The summed E-state index contributed by atoms with van der Waals surface area (Å²) in [4.78, 5) is 27.6. The Hall–Kier alpha value is -2.92. The quantitative estimate of drug-likeness (QED) is 0.418. The monoisotopic (exact) mass is 464 g/mol. The number of benzene rings is 1. The molecular weight excluding hydrogens is 436 g/mol. The summed E-state index contributed by atoms with van der Waals surface area (Å²) in [6, 6.07) is 6.05. The van der Waals surface area contributed by atoms with E-state index in [2.05, 4.69) is 20.3 Å². The maximum atomic E-state index is 12.2. The van der Waals surface area contributed by atoms with Crippen LogP contribution in [0.5, 0.6) is 0 Å². The summed E-state index contributed by atoms with van der Waals surface area (Å²) >= 11 is 0. The molecule has 32 heavy (non-hydrogen) atoms. The summed E-state index contributed by atoms with van der Waals surface area (Å²) in [7, 11) is -3.63. The van der Waals surface area contributed by atoms with Crippen molar-refractivity contribution in [2.45, 2.75) is 45.1 Å². The third-order valence-electron chi connectivity index (χ3n) is 4.91. The number of aliphatic carboxylic acids is 1. The van der Waals surface area contributed by atoms with Crippen LogP contribution in [-0.2, 0) is 26.0 Å². The van der Waals surface area contributed by atoms with E-state index in [0.29, 0.717) is 36.3 Å². The highest BCUT2D eigenvalue weighted by Crippen LogP contribution is 2.27. The summed E-state index contributed by atoms with van der Waals surface area (Å²) in [5.74, 6) is -0.641. The maximum absolute atomic E-state index is 12.2. The predicted octanol–water partition coefficient (Wildman–Crippen LogP) is 1.68. The van der Waals surface area contributed by atoms with Crippen LogP contribution in [0.15, 0.2) is 33.7 Å². The molecule has 1 aromatic carbocycles. The first-order valence-corrected chi connectivity index (χ1v) is 12.2. The molecular formula is C21H28N4O6S. The summed E-state index contributed by atoms with van der Waals surface area (Å²) in [6.07, 6.45) is 1.69. The first kappa shape index (κ1) is 23.7. The van der Waals surface area contributed by atoms with Crippen molar-refractivity contribution < 1.29 is 27.5 Å². The maximum Gasteiger partial charge on any atom is 0.305 e. The fourth-order valence-electron chi connectivity index (χ4n) is 3.43. The lowest BCUT2D eigenvalue weighted by Crippen LogP contribution is -2.43. The molecule has 1 aliphatic heterocycles. The summed E-state index contributed by atoms with van der Waals surface area (Å²) in [5, 5.41) is 15.7. The summed E-state index contributed by atoms with van der Waals surface area (Å²) in [5.41, 5.74) is 1.42. The minimum absolute atomic E-state index is 0.0997. The Labute approximate surface area is 186 Å². The van der Waals surface area contributed by atoms with Crippen LogP contribution in [0.25, 0.3) is 11.0 Å². The lowest BCUT2D eigenvalue weighted by molar-refractivity contribution is -0.137. The lowest BCUT2D eigenvalue weighted by Gasteiger charge is -2.14. The number of guanidine groups is 1. The van der Waals surface area contributed by atoms with Crippen LogP contribution in [0.1, 0.15) is 50.0 Å². The molecule has 0 spiro atoms. The van der Waals surface area contributed by atoms with Gasteiger partial charge in [0.2, 0.25) is 15.9 Å². The van der Waals surface area contributed by atoms with Crippen LogP contribution >= 0.6 is 0 Å². The third-order valence-corrected chi connectivity index (χ3v) is 6.50. The molecule has 3 rings (SSSR count). The van der Waals surface area contributed by atoms with E-state index in [4.69, 9.17) is 4.42 Å². The molecule has 1 aliphatic rings. The van der Waals surface area contributed by atoms with Gasteiger partial charge in [-0.05, 0) is 43.0 Å². The van der Waals surface area contributed by atoms with E-state index in [1.54, 1.807) is 19.1 Å². The van der Waals surface area contributed by atoms with Crippen LogP contribution in [0, 0.1) is 0 Å². The molecule has 0 saturated carbocycles. The minimum atomic E-state index is -3.63. The van der Waals surface area contributed by atoms with Crippen LogP contribution in [0.4, 0.5) is 0 Å². The fourth-order valence-corrected chi connectivity index (χ4v) is 4.72. The van der Waals surface area contributed by atoms with E-state index < -0.39 is 28.5 Å². The molecule has 4 N–H and O–H groups in total. The Morgan fingerprint density at radius 1 is 1.31 bits per heavy atom. The molecule has 1 amide bonds. The molecule has 2 aromatic rings. The number of carboxylic acids is 1. The van der Waals surface area contributed by atoms with Gasteiger partial charge in [0, 0.05) is 24.9 Å². The second-order valence-corrected chi connectivity index (χ2v) is 9.54. The topological polar surface area (TPSA) is 150 Å². The van der Waals surface area contributed by atoms with Crippen molar-refractivity contribution in [1.29, 1.82) is 0 Å². The van der Waals surface area contributed by atoms with Gasteiger partial charge in [-0.3, -0.25) is 19.9 Å². The number of nitrogens with one attached hydrogen (secondary N) is 3. The number of amides is 1. The third kappa shape index (κ3) is 6.79. The number of rotatable bonds is 10. The number of carbonyl (C=O) groups is 2. The van der Waals surface area contributed by atoms with Gasteiger partial charge in [-0.15, -0.1) is 0 Å². The number of hydrogen-bond donors (Lipinski definition) is 4. The van der Waals surface area contributed by atoms with Gasteiger partial charge in [-0.25, -0.2) is 13.1 Å². The fraction of sp³-hybridized carbons (Fsp3) is 0.476. The number of nitrogens with zero attached hydrogens (tertiary/aromatic N) is 1. The Morgan fingerprint density at radius 3 is 2.81 bits per heavy atom. The number of aryl methyl sites for hydroxylation is 1. The van der Waals surface area contributed by atoms with Crippen LogP contribution in [-0.4, -0.2) is 50.2 Å². The van der Waals surface area contributed by atoms with Gasteiger partial charge < -0.3 is 14.8 Å². The lowest BCUT2D eigenvalue weighted by atomic mass is 10.1. The molecule has 0 radical (unpaired) electrons. The second-order valence-electron chi connectivity index (χ2n) is 7.67. The van der Waals surface area contributed by atoms with Crippen molar-refractivity contribution in [3.63, 3.8) is 0 Å². The van der Waals surface area contributed by atoms with E-state index in [0.717, 1.165) is 18.5 Å². The first-order chi connectivity index (χ1) is 15.3. The zero-order chi connectivity index (χ0) is 23.1. The minimum Gasteiger partial charge on any atom is -0.481 e. The SMILES string of the molecule is CCCS(=O)(=O)NC(CC(=O)O)c1cc2cc(CCC(=O)NC3=NCCCN3)ccc2o1. The molecule has 1 aromatic heterocycles. The second kappa shape index (κ2) is 10.6. The van der Waals surface area contributed by atoms with Gasteiger partial charge in [-0.1, -0.05) is 13.0 Å². The van der Waals surface area contributed by atoms with Gasteiger partial charge in [0.05, 0.1) is 18.2 Å². The first-order valence-electron chi connectivity index (χ1n) is 10.6. The van der Waals surface area contributed by atoms with Crippen LogP contribution in [0.2, 0.25) is 0 Å². The van der Waals surface area contributed by atoms with E-state index in [-0.39, 0.29) is 23.8 Å². The van der Waals surface area contributed by atoms with Crippen LogP contribution in [0.3, 0.4) is 0 Å². The van der Waals surface area contributed by atoms with Crippen molar-refractivity contribution in [1.82, 2.24) is 15.4 Å². The zero-order valence-electron chi connectivity index (χ0n) is 17.9. The Kier molecular flexibility index (Phi) is 7.86. The van der Waals surface area contributed by atoms with Gasteiger partial charge >= 0.3 is 5.97 Å². The number of fused-ring (bicyclic) bond motifs is 1.